The molecule has 12 heteroatoms. The van der Waals surface area contributed by atoms with Crippen LogP contribution in [0.5, 0.6) is 17.2 Å². The third-order valence-electron chi connectivity index (χ3n) is 8.10. The van der Waals surface area contributed by atoms with Gasteiger partial charge in [0.05, 0.1) is 31.9 Å². The molecule has 0 saturated heterocycles. The Labute approximate surface area is 293 Å². The molecule has 2 atom stereocenters. The van der Waals surface area contributed by atoms with Crippen LogP contribution < -0.4 is 23.8 Å². The Morgan fingerprint density at radius 2 is 1.39 bits per heavy atom. The number of carbonyl (C=O) groups is 2. The van der Waals surface area contributed by atoms with Gasteiger partial charge in [0, 0.05) is 30.1 Å². The van der Waals surface area contributed by atoms with E-state index in [1.807, 2.05) is 74.5 Å². The second kappa shape index (κ2) is 17.1. The van der Waals surface area contributed by atoms with Gasteiger partial charge in [-0.1, -0.05) is 79.2 Å². The van der Waals surface area contributed by atoms with E-state index in [0.29, 0.717) is 12.2 Å². The molecule has 0 aliphatic rings. The number of hydrogen-bond donors (Lipinski definition) is 1. The predicted octanol–water partition coefficient (Wildman–Crippen LogP) is 6.12. The van der Waals surface area contributed by atoms with E-state index in [-0.39, 0.29) is 52.0 Å². The summed E-state index contributed by atoms with van der Waals surface area (Å²) >= 11 is 6.39. The number of rotatable bonds is 16. The average molecular weight is 708 g/mol. The monoisotopic (exact) mass is 707 g/mol. The summed E-state index contributed by atoms with van der Waals surface area (Å²) in [4.78, 5) is 30.0. The van der Waals surface area contributed by atoms with Gasteiger partial charge in [0.25, 0.3) is 10.0 Å². The van der Waals surface area contributed by atoms with Gasteiger partial charge in [0.1, 0.15) is 18.3 Å². The van der Waals surface area contributed by atoms with Crippen LogP contribution in [0.4, 0.5) is 5.69 Å². The first-order valence-corrected chi connectivity index (χ1v) is 17.6. The van der Waals surface area contributed by atoms with Crippen molar-refractivity contribution in [3.63, 3.8) is 0 Å². The maximum Gasteiger partial charge on any atom is 0.265 e. The Hall–Kier alpha value is -4.74. The van der Waals surface area contributed by atoms with E-state index < -0.39 is 28.5 Å². The number of nitrogens with zero attached hydrogens (tertiary/aromatic N) is 2. The van der Waals surface area contributed by atoms with Gasteiger partial charge in [0.2, 0.25) is 11.8 Å². The molecule has 0 fully saturated rings. The largest absolute Gasteiger partial charge is 0.495 e. The van der Waals surface area contributed by atoms with Crippen molar-refractivity contribution in [3.05, 3.63) is 113 Å². The van der Waals surface area contributed by atoms with Gasteiger partial charge in [-0.15, -0.1) is 0 Å². The van der Waals surface area contributed by atoms with Crippen molar-refractivity contribution in [1.29, 1.82) is 0 Å². The van der Waals surface area contributed by atoms with Gasteiger partial charge in [0.15, 0.2) is 11.5 Å². The van der Waals surface area contributed by atoms with E-state index in [1.54, 1.807) is 6.07 Å². The van der Waals surface area contributed by atoms with Gasteiger partial charge >= 0.3 is 0 Å². The summed E-state index contributed by atoms with van der Waals surface area (Å²) in [5, 5.41) is 3.26. The van der Waals surface area contributed by atoms with Crippen molar-refractivity contribution in [2.75, 3.05) is 32.2 Å². The molecular formula is C37H42ClN3O7S. The lowest BCUT2D eigenvalue weighted by Crippen LogP contribution is -2.54. The van der Waals surface area contributed by atoms with Crippen molar-refractivity contribution in [1.82, 2.24) is 10.2 Å². The van der Waals surface area contributed by atoms with Crippen molar-refractivity contribution in [3.8, 4) is 17.2 Å². The van der Waals surface area contributed by atoms with Crippen LogP contribution in [0, 0.1) is 0 Å². The molecule has 0 aliphatic carbocycles. The molecule has 260 valence electrons. The fourth-order valence-corrected chi connectivity index (χ4v) is 6.85. The van der Waals surface area contributed by atoms with Crippen molar-refractivity contribution < 1.29 is 32.2 Å². The van der Waals surface area contributed by atoms with Gasteiger partial charge in [-0.05, 0) is 54.8 Å². The molecule has 0 radical (unpaired) electrons. The molecule has 4 aromatic rings. The highest BCUT2D eigenvalue weighted by atomic mass is 35.5. The molecule has 1 N–H and O–H groups in total. The highest BCUT2D eigenvalue weighted by Gasteiger charge is 2.36. The van der Waals surface area contributed by atoms with Crippen LogP contribution in [0.2, 0.25) is 5.02 Å². The molecule has 0 saturated carbocycles. The summed E-state index contributed by atoms with van der Waals surface area (Å²) in [5.74, 6) is -0.281. The molecule has 2 amide bonds. The summed E-state index contributed by atoms with van der Waals surface area (Å²) in [6, 6.07) is 26.2. The maximum atomic E-state index is 14.7. The fraction of sp³-hybridized carbons (Fsp3) is 0.297. The third kappa shape index (κ3) is 9.24. The molecule has 4 rings (SSSR count). The zero-order chi connectivity index (χ0) is 35.6. The normalized spacial score (nSPS) is 12.4. The number of amides is 2. The molecule has 0 aromatic heterocycles. The molecule has 2 unspecified atom stereocenters. The smallest absolute Gasteiger partial charge is 0.265 e. The van der Waals surface area contributed by atoms with E-state index in [0.717, 1.165) is 15.4 Å². The first-order valence-electron chi connectivity index (χ1n) is 15.8. The molecule has 0 bridgehead atoms. The SMILES string of the molecule is CCC(C)NC(=O)C(Cc1ccccc1)N(Cc1ccccc1)C(=O)CN(c1cc(Cl)ccc1OC)S(=O)(=O)c1ccc(OC)c(OC)c1. The summed E-state index contributed by atoms with van der Waals surface area (Å²) < 4.78 is 46.3. The van der Waals surface area contributed by atoms with E-state index in [1.165, 1.54) is 56.6 Å². The molecule has 10 nitrogen and oxygen atoms in total. The second-order valence-electron chi connectivity index (χ2n) is 11.4. The second-order valence-corrected chi connectivity index (χ2v) is 13.7. The fourth-order valence-electron chi connectivity index (χ4n) is 5.25. The average Bonchev–Trinajstić information content (AvgIpc) is 3.12. The Morgan fingerprint density at radius 1 is 0.796 bits per heavy atom. The van der Waals surface area contributed by atoms with E-state index >= 15 is 0 Å². The first kappa shape index (κ1) is 37.1. The standard InChI is InChI=1S/C37H42ClN3O7S/c1-6-26(2)39-37(43)32(21-27-13-9-7-10-14-27)40(24-28-15-11-8-12-16-28)36(42)25-41(31-22-29(38)17-19-33(31)46-3)49(44,45)30-18-20-34(47-4)35(23-30)48-5/h7-20,22-23,26,32H,6,21,24-25H2,1-5H3,(H,39,43). The molecule has 0 aliphatic heterocycles. The number of halogens is 1. The number of ether oxygens (including phenoxy) is 3. The van der Waals surface area contributed by atoms with E-state index in [9.17, 15) is 18.0 Å². The minimum Gasteiger partial charge on any atom is -0.495 e. The summed E-state index contributed by atoms with van der Waals surface area (Å²) in [6.07, 6.45) is 0.882. The van der Waals surface area contributed by atoms with Crippen LogP contribution in [-0.4, -0.2) is 65.1 Å². The minimum atomic E-state index is -4.48. The highest BCUT2D eigenvalue weighted by Crippen LogP contribution is 2.37. The van der Waals surface area contributed by atoms with Crippen LogP contribution >= 0.6 is 11.6 Å². The lowest BCUT2D eigenvalue weighted by molar-refractivity contribution is -0.140. The lowest BCUT2D eigenvalue weighted by Gasteiger charge is -2.34. The Kier molecular flexibility index (Phi) is 12.9. The zero-order valence-electron chi connectivity index (χ0n) is 28.3. The number of carbonyl (C=O) groups excluding carboxylic acids is 2. The number of methoxy groups -OCH3 is 3. The van der Waals surface area contributed by atoms with Crippen LogP contribution in [-0.2, 0) is 32.6 Å². The lowest BCUT2D eigenvalue weighted by atomic mass is 10.0. The summed E-state index contributed by atoms with van der Waals surface area (Å²) in [6.45, 7) is 3.22. The van der Waals surface area contributed by atoms with E-state index in [4.69, 9.17) is 25.8 Å². The van der Waals surface area contributed by atoms with Crippen molar-refractivity contribution in [2.45, 2.75) is 50.2 Å². The molecule has 49 heavy (non-hydrogen) atoms. The van der Waals surface area contributed by atoms with Crippen molar-refractivity contribution in [2.24, 2.45) is 0 Å². The third-order valence-corrected chi connectivity index (χ3v) is 10.1. The number of anilines is 1. The summed E-state index contributed by atoms with van der Waals surface area (Å²) in [5.41, 5.74) is 1.64. The van der Waals surface area contributed by atoms with Crippen LogP contribution in [0.3, 0.4) is 0 Å². The Bertz CT molecular complexity index is 1820. The molecule has 4 aromatic carbocycles. The summed E-state index contributed by atoms with van der Waals surface area (Å²) in [7, 11) is -0.244. The van der Waals surface area contributed by atoms with Gasteiger partial charge < -0.3 is 24.4 Å². The Balaban J connectivity index is 1.87. The molecule has 0 spiro atoms. The first-order chi connectivity index (χ1) is 23.5. The Morgan fingerprint density at radius 3 is 1.98 bits per heavy atom. The molecular weight excluding hydrogens is 666 g/mol. The molecule has 0 heterocycles. The van der Waals surface area contributed by atoms with Crippen molar-refractivity contribution >= 4 is 39.1 Å². The van der Waals surface area contributed by atoms with Gasteiger partial charge in [-0.25, -0.2) is 8.42 Å². The van der Waals surface area contributed by atoms with Crippen LogP contribution in [0.15, 0.2) is 102 Å². The minimum absolute atomic E-state index is 0.0430. The topological polar surface area (TPSA) is 114 Å². The number of sulfonamides is 1. The zero-order valence-corrected chi connectivity index (χ0v) is 29.8. The van der Waals surface area contributed by atoms with Gasteiger partial charge in [-0.3, -0.25) is 13.9 Å². The highest BCUT2D eigenvalue weighted by molar-refractivity contribution is 7.92. The van der Waals surface area contributed by atoms with Gasteiger partial charge in [-0.2, -0.15) is 0 Å². The predicted molar refractivity (Wildman–Crippen MR) is 191 cm³/mol. The van der Waals surface area contributed by atoms with E-state index in [2.05, 4.69) is 5.32 Å². The van der Waals surface area contributed by atoms with Crippen LogP contribution in [0.1, 0.15) is 31.4 Å². The number of benzene rings is 4. The van der Waals surface area contributed by atoms with Crippen LogP contribution in [0.25, 0.3) is 0 Å². The maximum absolute atomic E-state index is 14.7. The number of hydrogen-bond acceptors (Lipinski definition) is 7. The number of nitrogens with one attached hydrogen (secondary N) is 1. The quantitative estimate of drug-likeness (QED) is 0.149.